The lowest BCUT2D eigenvalue weighted by Gasteiger charge is -2.16. The molecule has 1 heterocycles. The van der Waals surface area contributed by atoms with Crippen molar-refractivity contribution in [2.45, 2.75) is 32.9 Å². The Morgan fingerprint density at radius 2 is 2.12 bits per heavy atom. The average Bonchev–Trinajstić information content (AvgIpc) is 2.42. The standard InChI is InChI=1S/C12H15NO3/c1-8-4-5-10-9(6-8)13(11(14)16-10)7-12(2,3)15/h4-6,15H,7H2,1-3H3. The van der Waals surface area contributed by atoms with Crippen LogP contribution in [0.4, 0.5) is 0 Å². The zero-order chi connectivity index (χ0) is 11.9. The van der Waals surface area contributed by atoms with Crippen molar-refractivity contribution < 1.29 is 9.52 Å². The summed E-state index contributed by atoms with van der Waals surface area (Å²) in [5, 5.41) is 9.74. The summed E-state index contributed by atoms with van der Waals surface area (Å²) in [6.45, 7) is 5.50. The van der Waals surface area contributed by atoms with Crippen molar-refractivity contribution in [1.29, 1.82) is 0 Å². The molecule has 0 aliphatic rings. The van der Waals surface area contributed by atoms with E-state index >= 15 is 0 Å². The normalized spacial score (nSPS) is 12.2. The molecule has 4 heteroatoms. The van der Waals surface area contributed by atoms with Gasteiger partial charge < -0.3 is 9.52 Å². The first kappa shape index (κ1) is 11.0. The molecule has 16 heavy (non-hydrogen) atoms. The molecule has 0 saturated heterocycles. The molecule has 86 valence electrons. The lowest BCUT2D eigenvalue weighted by Crippen LogP contribution is -2.30. The predicted octanol–water partition coefficient (Wildman–Crippen LogP) is 1.67. The fourth-order valence-corrected chi connectivity index (χ4v) is 1.71. The van der Waals surface area contributed by atoms with Gasteiger partial charge in [-0.3, -0.25) is 4.57 Å². The van der Waals surface area contributed by atoms with Crippen molar-refractivity contribution in [3.63, 3.8) is 0 Å². The number of aliphatic hydroxyl groups is 1. The highest BCUT2D eigenvalue weighted by Gasteiger charge is 2.18. The number of rotatable bonds is 2. The number of benzene rings is 1. The Kier molecular flexibility index (Phi) is 2.39. The van der Waals surface area contributed by atoms with Crippen molar-refractivity contribution in [1.82, 2.24) is 4.57 Å². The van der Waals surface area contributed by atoms with Crippen LogP contribution < -0.4 is 5.76 Å². The van der Waals surface area contributed by atoms with E-state index in [-0.39, 0.29) is 6.54 Å². The van der Waals surface area contributed by atoms with Gasteiger partial charge in [0.05, 0.1) is 17.7 Å². The van der Waals surface area contributed by atoms with Gasteiger partial charge in [-0.2, -0.15) is 0 Å². The third-order valence-electron chi connectivity index (χ3n) is 2.37. The van der Waals surface area contributed by atoms with Crippen LogP contribution in [0.5, 0.6) is 0 Å². The molecule has 0 amide bonds. The molecule has 1 aromatic heterocycles. The fraction of sp³-hybridized carbons (Fsp3) is 0.417. The second-order valence-corrected chi connectivity index (χ2v) is 4.74. The summed E-state index contributed by atoms with van der Waals surface area (Å²) in [7, 11) is 0. The molecule has 1 N–H and O–H groups in total. The molecule has 2 aromatic rings. The average molecular weight is 221 g/mol. The maximum atomic E-state index is 11.6. The van der Waals surface area contributed by atoms with Crippen LogP contribution in [-0.4, -0.2) is 15.3 Å². The van der Waals surface area contributed by atoms with E-state index in [0.717, 1.165) is 11.1 Å². The van der Waals surface area contributed by atoms with Crippen LogP contribution in [0.15, 0.2) is 27.4 Å². The van der Waals surface area contributed by atoms with Crippen molar-refractivity contribution >= 4 is 11.1 Å². The minimum absolute atomic E-state index is 0.224. The largest absolute Gasteiger partial charge is 0.420 e. The Hall–Kier alpha value is -1.55. The van der Waals surface area contributed by atoms with Gasteiger partial charge >= 0.3 is 5.76 Å². The Balaban J connectivity index is 2.63. The van der Waals surface area contributed by atoms with E-state index in [1.165, 1.54) is 4.57 Å². The number of aromatic nitrogens is 1. The number of aryl methyl sites for hydroxylation is 1. The number of hydrogen-bond donors (Lipinski definition) is 1. The molecule has 0 unspecified atom stereocenters. The SMILES string of the molecule is Cc1ccc2oc(=O)n(CC(C)(C)O)c2c1. The minimum Gasteiger partial charge on any atom is -0.408 e. The monoisotopic (exact) mass is 221 g/mol. The topological polar surface area (TPSA) is 55.4 Å². The molecule has 0 atom stereocenters. The molecular weight excluding hydrogens is 206 g/mol. The highest BCUT2D eigenvalue weighted by Crippen LogP contribution is 2.16. The number of oxazole rings is 1. The molecule has 1 aromatic carbocycles. The van der Waals surface area contributed by atoms with Crippen molar-refractivity contribution in [3.05, 3.63) is 34.3 Å². The Bertz CT molecular complexity index is 572. The second kappa shape index (κ2) is 3.49. The number of hydrogen-bond acceptors (Lipinski definition) is 3. The van der Waals surface area contributed by atoms with Gasteiger partial charge in [-0.1, -0.05) is 6.07 Å². The Morgan fingerprint density at radius 3 is 2.75 bits per heavy atom. The summed E-state index contributed by atoms with van der Waals surface area (Å²) < 4.78 is 6.56. The highest BCUT2D eigenvalue weighted by molar-refractivity contribution is 5.73. The van der Waals surface area contributed by atoms with Crippen molar-refractivity contribution in [2.24, 2.45) is 0 Å². The summed E-state index contributed by atoms with van der Waals surface area (Å²) in [4.78, 5) is 11.6. The maximum absolute atomic E-state index is 11.6. The molecule has 0 fully saturated rings. The first-order valence-corrected chi connectivity index (χ1v) is 5.19. The maximum Gasteiger partial charge on any atom is 0.420 e. The van der Waals surface area contributed by atoms with E-state index < -0.39 is 11.4 Å². The molecule has 0 bridgehead atoms. The van der Waals surface area contributed by atoms with E-state index in [4.69, 9.17) is 4.42 Å². The summed E-state index contributed by atoms with van der Waals surface area (Å²) >= 11 is 0. The van der Waals surface area contributed by atoms with E-state index in [1.807, 2.05) is 19.1 Å². The van der Waals surface area contributed by atoms with Crippen LogP contribution in [0.3, 0.4) is 0 Å². The first-order valence-electron chi connectivity index (χ1n) is 5.19. The van der Waals surface area contributed by atoms with Gasteiger partial charge in [0.1, 0.15) is 0 Å². The highest BCUT2D eigenvalue weighted by atomic mass is 16.4. The Morgan fingerprint density at radius 1 is 1.44 bits per heavy atom. The van der Waals surface area contributed by atoms with Crippen LogP contribution in [0, 0.1) is 6.92 Å². The summed E-state index contributed by atoms with van der Waals surface area (Å²) in [5.74, 6) is -0.428. The van der Waals surface area contributed by atoms with Crippen LogP contribution >= 0.6 is 0 Å². The van der Waals surface area contributed by atoms with E-state index in [9.17, 15) is 9.90 Å². The van der Waals surface area contributed by atoms with Crippen LogP contribution in [0.2, 0.25) is 0 Å². The van der Waals surface area contributed by atoms with E-state index in [0.29, 0.717) is 5.58 Å². The summed E-state index contributed by atoms with van der Waals surface area (Å²) in [6, 6.07) is 5.54. The zero-order valence-corrected chi connectivity index (χ0v) is 9.65. The van der Waals surface area contributed by atoms with Crippen LogP contribution in [0.1, 0.15) is 19.4 Å². The molecule has 0 radical (unpaired) electrons. The second-order valence-electron chi connectivity index (χ2n) is 4.74. The zero-order valence-electron chi connectivity index (χ0n) is 9.65. The molecule has 0 spiro atoms. The Labute approximate surface area is 93.1 Å². The predicted molar refractivity (Wildman–Crippen MR) is 61.5 cm³/mol. The van der Waals surface area contributed by atoms with Crippen molar-refractivity contribution in [2.75, 3.05) is 0 Å². The van der Waals surface area contributed by atoms with Gasteiger partial charge in [0.25, 0.3) is 0 Å². The third-order valence-corrected chi connectivity index (χ3v) is 2.37. The van der Waals surface area contributed by atoms with Crippen LogP contribution in [0.25, 0.3) is 11.1 Å². The molecule has 0 aliphatic heterocycles. The fourth-order valence-electron chi connectivity index (χ4n) is 1.71. The molecular formula is C12H15NO3. The quantitative estimate of drug-likeness (QED) is 0.839. The lowest BCUT2D eigenvalue weighted by atomic mass is 10.1. The van der Waals surface area contributed by atoms with Gasteiger partial charge in [-0.25, -0.2) is 4.79 Å². The smallest absolute Gasteiger partial charge is 0.408 e. The summed E-state index contributed by atoms with van der Waals surface area (Å²) in [6.07, 6.45) is 0. The van der Waals surface area contributed by atoms with Crippen molar-refractivity contribution in [3.8, 4) is 0 Å². The van der Waals surface area contributed by atoms with Crippen LogP contribution in [-0.2, 0) is 6.54 Å². The third kappa shape index (κ3) is 2.02. The van der Waals surface area contributed by atoms with Gasteiger partial charge in [-0.05, 0) is 38.5 Å². The van der Waals surface area contributed by atoms with Gasteiger partial charge in [-0.15, -0.1) is 0 Å². The van der Waals surface area contributed by atoms with Gasteiger partial charge in [0, 0.05) is 0 Å². The number of nitrogens with zero attached hydrogens (tertiary/aromatic N) is 1. The molecule has 0 saturated carbocycles. The van der Waals surface area contributed by atoms with E-state index in [1.54, 1.807) is 19.9 Å². The lowest BCUT2D eigenvalue weighted by molar-refractivity contribution is 0.0605. The molecule has 2 rings (SSSR count). The first-order chi connectivity index (χ1) is 7.37. The number of fused-ring (bicyclic) bond motifs is 1. The van der Waals surface area contributed by atoms with Gasteiger partial charge in [0.15, 0.2) is 5.58 Å². The molecule has 4 nitrogen and oxygen atoms in total. The molecule has 0 aliphatic carbocycles. The van der Waals surface area contributed by atoms with E-state index in [2.05, 4.69) is 0 Å². The minimum atomic E-state index is -0.940. The van der Waals surface area contributed by atoms with Gasteiger partial charge in [0.2, 0.25) is 0 Å². The summed E-state index contributed by atoms with van der Waals surface area (Å²) in [5.41, 5.74) is 1.40.